The lowest BCUT2D eigenvalue weighted by Crippen LogP contribution is -2.04. The average molecular weight is 287 g/mol. The van der Waals surface area contributed by atoms with Crippen LogP contribution in [0.4, 0.5) is 13.2 Å². The van der Waals surface area contributed by atoms with E-state index in [1.54, 1.807) is 6.07 Å². The molecule has 0 aliphatic carbocycles. The average Bonchev–Trinajstić information content (AvgIpc) is 2.38. The fourth-order valence-corrected chi connectivity index (χ4v) is 2.14. The van der Waals surface area contributed by atoms with Crippen molar-refractivity contribution >= 4 is 11.6 Å². The van der Waals surface area contributed by atoms with Gasteiger partial charge in [-0.1, -0.05) is 18.2 Å². The summed E-state index contributed by atoms with van der Waals surface area (Å²) in [6.07, 6.45) is 0. The third-order valence-electron chi connectivity index (χ3n) is 2.72. The molecule has 1 atom stereocenters. The Morgan fingerprint density at radius 2 is 1.58 bits per heavy atom. The highest BCUT2D eigenvalue weighted by Gasteiger charge is 2.23. The minimum atomic E-state index is -1.24. The van der Waals surface area contributed by atoms with E-state index >= 15 is 0 Å². The van der Waals surface area contributed by atoms with Crippen LogP contribution in [0, 0.1) is 17.5 Å². The molecule has 0 aliphatic rings. The van der Waals surface area contributed by atoms with E-state index in [4.69, 9.17) is 16.3 Å². The Bertz CT molecular complexity index is 578. The summed E-state index contributed by atoms with van der Waals surface area (Å²) < 4.78 is 46.0. The first-order valence-corrected chi connectivity index (χ1v) is 5.89. The first-order chi connectivity index (χ1) is 9.04. The van der Waals surface area contributed by atoms with Crippen molar-refractivity contribution in [3.05, 3.63) is 65.0 Å². The minimum absolute atomic E-state index is 0.0205. The molecule has 2 aromatic rings. The number of alkyl halides is 1. The summed E-state index contributed by atoms with van der Waals surface area (Å²) in [6.45, 7) is 0. The van der Waals surface area contributed by atoms with Crippen LogP contribution in [0.1, 0.15) is 16.5 Å². The number of rotatable bonds is 3. The molecule has 100 valence electrons. The lowest BCUT2D eigenvalue weighted by Gasteiger charge is -2.14. The second-order valence-electron chi connectivity index (χ2n) is 3.89. The molecule has 0 saturated heterocycles. The van der Waals surface area contributed by atoms with Gasteiger partial charge < -0.3 is 4.74 Å². The van der Waals surface area contributed by atoms with E-state index in [2.05, 4.69) is 0 Å². The first-order valence-electron chi connectivity index (χ1n) is 5.46. The zero-order valence-electron chi connectivity index (χ0n) is 9.96. The van der Waals surface area contributed by atoms with Crippen molar-refractivity contribution in [2.45, 2.75) is 5.38 Å². The molecule has 1 nitrogen and oxygen atoms in total. The van der Waals surface area contributed by atoms with Crippen LogP contribution in [0.25, 0.3) is 0 Å². The molecule has 5 heteroatoms. The molecule has 0 amide bonds. The molecule has 0 radical (unpaired) electrons. The molecular weight excluding hydrogens is 277 g/mol. The summed E-state index contributed by atoms with van der Waals surface area (Å²) in [7, 11) is 1.29. The zero-order valence-corrected chi connectivity index (χ0v) is 10.7. The normalized spacial score (nSPS) is 12.3. The summed E-state index contributed by atoms with van der Waals surface area (Å²) in [4.78, 5) is 0. The van der Waals surface area contributed by atoms with Gasteiger partial charge in [0.15, 0.2) is 0 Å². The van der Waals surface area contributed by atoms with Crippen molar-refractivity contribution in [2.24, 2.45) is 0 Å². The third-order valence-corrected chi connectivity index (χ3v) is 3.17. The first kappa shape index (κ1) is 13.7. The molecule has 0 aromatic heterocycles. The number of hydrogen-bond donors (Lipinski definition) is 0. The Morgan fingerprint density at radius 3 is 2.11 bits per heavy atom. The topological polar surface area (TPSA) is 9.23 Å². The Morgan fingerprint density at radius 1 is 1.00 bits per heavy atom. The zero-order chi connectivity index (χ0) is 14.0. The second-order valence-corrected chi connectivity index (χ2v) is 4.33. The molecular formula is C14H10ClF3O. The minimum Gasteiger partial charge on any atom is -0.497 e. The summed E-state index contributed by atoms with van der Waals surface area (Å²) in [6, 6.07) is 7.61. The van der Waals surface area contributed by atoms with Crippen molar-refractivity contribution in [3.63, 3.8) is 0 Å². The van der Waals surface area contributed by atoms with Gasteiger partial charge in [0.1, 0.15) is 23.2 Å². The number of ether oxygens (including phenoxy) is 1. The summed E-state index contributed by atoms with van der Waals surface area (Å²) in [5.74, 6) is -2.33. The van der Waals surface area contributed by atoms with Crippen molar-refractivity contribution in [1.29, 1.82) is 0 Å². The number of halogens is 4. The van der Waals surface area contributed by atoms with E-state index < -0.39 is 28.4 Å². The van der Waals surface area contributed by atoms with Gasteiger partial charge in [0.25, 0.3) is 0 Å². The monoisotopic (exact) mass is 286 g/mol. The number of methoxy groups -OCH3 is 1. The maximum atomic E-state index is 13.8. The molecule has 0 fully saturated rings. The summed E-state index contributed by atoms with van der Waals surface area (Å²) in [5.41, 5.74) is -0.375. The highest BCUT2D eigenvalue weighted by Crippen LogP contribution is 2.35. The Kier molecular flexibility index (Phi) is 4.00. The molecule has 2 rings (SSSR count). The molecule has 0 bridgehead atoms. The van der Waals surface area contributed by atoms with Crippen LogP contribution >= 0.6 is 11.6 Å². The van der Waals surface area contributed by atoms with Crippen LogP contribution in [0.5, 0.6) is 5.75 Å². The highest BCUT2D eigenvalue weighted by atomic mass is 35.5. The fourth-order valence-electron chi connectivity index (χ4n) is 1.76. The largest absolute Gasteiger partial charge is 0.497 e. The predicted molar refractivity (Wildman–Crippen MR) is 67.0 cm³/mol. The number of benzene rings is 2. The lowest BCUT2D eigenvalue weighted by atomic mass is 10.0. The molecule has 1 unspecified atom stereocenters. The smallest absolute Gasteiger partial charge is 0.134 e. The Balaban J connectivity index is 2.50. The van der Waals surface area contributed by atoms with Gasteiger partial charge in [-0.3, -0.25) is 0 Å². The van der Waals surface area contributed by atoms with Gasteiger partial charge in [-0.2, -0.15) is 0 Å². The Labute approximate surface area is 113 Å². The second kappa shape index (κ2) is 5.53. The molecule has 0 saturated carbocycles. The van der Waals surface area contributed by atoms with E-state index in [1.807, 2.05) is 0 Å². The van der Waals surface area contributed by atoms with Gasteiger partial charge in [0.2, 0.25) is 0 Å². The van der Waals surface area contributed by atoms with E-state index in [-0.39, 0.29) is 11.3 Å². The van der Waals surface area contributed by atoms with E-state index in [0.717, 1.165) is 12.1 Å². The van der Waals surface area contributed by atoms with Crippen molar-refractivity contribution in [3.8, 4) is 5.75 Å². The summed E-state index contributed by atoms with van der Waals surface area (Å²) in [5, 5.41) is -1.24. The van der Waals surface area contributed by atoms with Gasteiger partial charge in [-0.05, 0) is 6.07 Å². The highest BCUT2D eigenvalue weighted by molar-refractivity contribution is 6.22. The fraction of sp³-hybridized carbons (Fsp3) is 0.143. The van der Waals surface area contributed by atoms with E-state index in [0.29, 0.717) is 0 Å². The van der Waals surface area contributed by atoms with E-state index in [9.17, 15) is 13.2 Å². The standard InChI is InChI=1S/C14H10ClF3O/c1-19-8-6-11(17)13(12(18)7-8)14(15)9-4-2-3-5-10(9)16/h2-7,14H,1H3. The lowest BCUT2D eigenvalue weighted by molar-refractivity contribution is 0.405. The number of hydrogen-bond acceptors (Lipinski definition) is 1. The molecule has 2 aromatic carbocycles. The molecule has 19 heavy (non-hydrogen) atoms. The van der Waals surface area contributed by atoms with Gasteiger partial charge >= 0.3 is 0 Å². The van der Waals surface area contributed by atoms with Crippen LogP contribution in [0.3, 0.4) is 0 Å². The predicted octanol–water partition coefficient (Wildman–Crippen LogP) is 4.44. The third kappa shape index (κ3) is 2.68. The molecule has 0 heterocycles. The van der Waals surface area contributed by atoms with Gasteiger partial charge in [0, 0.05) is 23.3 Å². The van der Waals surface area contributed by atoms with Crippen molar-refractivity contribution < 1.29 is 17.9 Å². The van der Waals surface area contributed by atoms with Gasteiger partial charge in [-0.15, -0.1) is 11.6 Å². The molecule has 0 N–H and O–H groups in total. The van der Waals surface area contributed by atoms with Crippen molar-refractivity contribution in [2.75, 3.05) is 7.11 Å². The van der Waals surface area contributed by atoms with Crippen LogP contribution in [0.15, 0.2) is 36.4 Å². The maximum Gasteiger partial charge on any atom is 0.134 e. The molecule has 0 spiro atoms. The van der Waals surface area contributed by atoms with Crippen LogP contribution in [-0.4, -0.2) is 7.11 Å². The van der Waals surface area contributed by atoms with Gasteiger partial charge in [-0.25, -0.2) is 13.2 Å². The van der Waals surface area contributed by atoms with E-state index in [1.165, 1.54) is 25.3 Å². The quantitative estimate of drug-likeness (QED) is 0.758. The van der Waals surface area contributed by atoms with Crippen LogP contribution < -0.4 is 4.74 Å². The van der Waals surface area contributed by atoms with Gasteiger partial charge in [0.05, 0.1) is 12.5 Å². The summed E-state index contributed by atoms with van der Waals surface area (Å²) >= 11 is 5.98. The van der Waals surface area contributed by atoms with Crippen LogP contribution in [-0.2, 0) is 0 Å². The van der Waals surface area contributed by atoms with Crippen molar-refractivity contribution in [1.82, 2.24) is 0 Å². The SMILES string of the molecule is COc1cc(F)c(C(Cl)c2ccccc2F)c(F)c1. The molecule has 0 aliphatic heterocycles. The Hall–Kier alpha value is -1.68. The maximum absolute atomic E-state index is 13.8. The van der Waals surface area contributed by atoms with Crippen LogP contribution in [0.2, 0.25) is 0 Å².